The first-order chi connectivity index (χ1) is 9.74. The Kier molecular flexibility index (Phi) is 3.75. The van der Waals surface area contributed by atoms with Crippen LogP contribution in [0.5, 0.6) is 0 Å². The van der Waals surface area contributed by atoms with Crippen molar-refractivity contribution in [2.45, 2.75) is 12.8 Å². The SMILES string of the molecule is O=[N+]([O-])c1cc2c(NCC3CCCNC3)ncnc2s1. The van der Waals surface area contributed by atoms with E-state index in [2.05, 4.69) is 20.6 Å². The second kappa shape index (κ2) is 5.68. The predicted octanol–water partition coefficient (Wildman–Crippen LogP) is 2.01. The first-order valence-corrected chi connectivity index (χ1v) is 7.39. The van der Waals surface area contributed by atoms with Crippen molar-refractivity contribution in [3.05, 3.63) is 22.5 Å². The number of thiophene rings is 1. The molecule has 2 N–H and O–H groups in total. The summed E-state index contributed by atoms with van der Waals surface area (Å²) in [5.74, 6) is 1.26. The van der Waals surface area contributed by atoms with E-state index in [-0.39, 0.29) is 9.92 Å². The molecular formula is C12H15N5O2S. The fourth-order valence-electron chi connectivity index (χ4n) is 2.41. The molecule has 0 spiro atoms. The number of nitrogens with one attached hydrogen (secondary N) is 2. The van der Waals surface area contributed by atoms with E-state index in [1.54, 1.807) is 6.07 Å². The van der Waals surface area contributed by atoms with Crippen molar-refractivity contribution in [3.63, 3.8) is 0 Å². The van der Waals surface area contributed by atoms with Crippen LogP contribution in [0.2, 0.25) is 0 Å². The zero-order valence-electron chi connectivity index (χ0n) is 10.8. The number of hydrogen-bond acceptors (Lipinski definition) is 7. The lowest BCUT2D eigenvalue weighted by atomic mass is 10.00. The number of fused-ring (bicyclic) bond motifs is 1. The van der Waals surface area contributed by atoms with Crippen molar-refractivity contribution in [1.29, 1.82) is 0 Å². The van der Waals surface area contributed by atoms with E-state index in [1.165, 1.54) is 19.2 Å². The van der Waals surface area contributed by atoms with Crippen LogP contribution in [0.1, 0.15) is 12.8 Å². The van der Waals surface area contributed by atoms with Crippen molar-refractivity contribution in [3.8, 4) is 0 Å². The molecule has 0 aromatic carbocycles. The third kappa shape index (κ3) is 2.70. The number of anilines is 1. The van der Waals surface area contributed by atoms with E-state index in [4.69, 9.17) is 0 Å². The van der Waals surface area contributed by atoms with Gasteiger partial charge in [-0.05, 0) is 43.2 Å². The van der Waals surface area contributed by atoms with Gasteiger partial charge in [-0.1, -0.05) is 0 Å². The molecule has 1 fully saturated rings. The van der Waals surface area contributed by atoms with Crippen molar-refractivity contribution in [2.24, 2.45) is 5.92 Å². The van der Waals surface area contributed by atoms with E-state index < -0.39 is 0 Å². The molecule has 0 saturated carbocycles. The van der Waals surface area contributed by atoms with Crippen molar-refractivity contribution < 1.29 is 4.92 Å². The molecule has 1 aliphatic rings. The lowest BCUT2D eigenvalue weighted by Gasteiger charge is -2.23. The molecule has 20 heavy (non-hydrogen) atoms. The van der Waals surface area contributed by atoms with Gasteiger partial charge in [0.15, 0.2) is 0 Å². The molecule has 1 aliphatic heterocycles. The molecule has 106 valence electrons. The second-order valence-electron chi connectivity index (χ2n) is 4.88. The molecule has 3 rings (SSSR count). The molecule has 0 amide bonds. The molecule has 3 heterocycles. The van der Waals surface area contributed by atoms with Crippen LogP contribution in [0.4, 0.5) is 10.8 Å². The summed E-state index contributed by atoms with van der Waals surface area (Å²) >= 11 is 1.08. The molecule has 0 aliphatic carbocycles. The number of hydrogen-bond donors (Lipinski definition) is 2. The maximum absolute atomic E-state index is 10.8. The van der Waals surface area contributed by atoms with Gasteiger partial charge in [-0.25, -0.2) is 9.97 Å². The molecule has 2 aromatic rings. The zero-order valence-corrected chi connectivity index (χ0v) is 11.7. The highest BCUT2D eigenvalue weighted by Gasteiger charge is 2.17. The number of piperidine rings is 1. The molecule has 0 radical (unpaired) electrons. The van der Waals surface area contributed by atoms with Gasteiger partial charge in [-0.3, -0.25) is 10.1 Å². The van der Waals surface area contributed by atoms with Gasteiger partial charge in [0.1, 0.15) is 17.0 Å². The van der Waals surface area contributed by atoms with Gasteiger partial charge >= 0.3 is 5.00 Å². The Bertz CT molecular complexity index is 623. The first-order valence-electron chi connectivity index (χ1n) is 6.57. The summed E-state index contributed by atoms with van der Waals surface area (Å²) in [6, 6.07) is 1.54. The van der Waals surface area contributed by atoms with Crippen LogP contribution in [0.3, 0.4) is 0 Å². The minimum Gasteiger partial charge on any atom is -0.369 e. The van der Waals surface area contributed by atoms with Gasteiger partial charge in [0.2, 0.25) is 0 Å². The number of nitrogens with zero attached hydrogens (tertiary/aromatic N) is 3. The van der Waals surface area contributed by atoms with E-state index in [9.17, 15) is 10.1 Å². The average Bonchev–Trinajstić information content (AvgIpc) is 2.91. The van der Waals surface area contributed by atoms with Gasteiger partial charge in [0, 0.05) is 12.6 Å². The predicted molar refractivity (Wildman–Crippen MR) is 78.2 cm³/mol. The quantitative estimate of drug-likeness (QED) is 0.661. The Morgan fingerprint density at radius 2 is 2.45 bits per heavy atom. The Labute approximate surface area is 119 Å². The summed E-state index contributed by atoms with van der Waals surface area (Å²) in [4.78, 5) is 19.4. The average molecular weight is 293 g/mol. The Morgan fingerprint density at radius 3 is 3.20 bits per heavy atom. The molecule has 1 saturated heterocycles. The first kappa shape index (κ1) is 13.2. The summed E-state index contributed by atoms with van der Waals surface area (Å²) in [5.41, 5.74) is 0. The Hall–Kier alpha value is -1.80. The zero-order chi connectivity index (χ0) is 13.9. The highest BCUT2D eigenvalue weighted by molar-refractivity contribution is 7.21. The maximum atomic E-state index is 10.8. The molecule has 2 aromatic heterocycles. The van der Waals surface area contributed by atoms with E-state index in [1.807, 2.05) is 0 Å². The minimum absolute atomic E-state index is 0.0999. The highest BCUT2D eigenvalue weighted by Crippen LogP contribution is 2.33. The van der Waals surface area contributed by atoms with Crippen LogP contribution < -0.4 is 10.6 Å². The van der Waals surface area contributed by atoms with E-state index in [0.29, 0.717) is 16.6 Å². The Morgan fingerprint density at radius 1 is 1.55 bits per heavy atom. The Balaban J connectivity index is 1.78. The largest absolute Gasteiger partial charge is 0.369 e. The highest BCUT2D eigenvalue weighted by atomic mass is 32.1. The summed E-state index contributed by atoms with van der Waals surface area (Å²) in [6.07, 6.45) is 3.83. The van der Waals surface area contributed by atoms with Crippen LogP contribution in [-0.4, -0.2) is 34.5 Å². The second-order valence-corrected chi connectivity index (χ2v) is 5.89. The van der Waals surface area contributed by atoms with E-state index in [0.717, 1.165) is 36.4 Å². The number of aromatic nitrogens is 2. The van der Waals surface area contributed by atoms with Crippen LogP contribution >= 0.6 is 11.3 Å². The van der Waals surface area contributed by atoms with Gasteiger partial charge < -0.3 is 10.6 Å². The fourth-order valence-corrected chi connectivity index (χ4v) is 3.23. The summed E-state index contributed by atoms with van der Waals surface area (Å²) in [5, 5.41) is 18.3. The fraction of sp³-hybridized carbons (Fsp3) is 0.500. The van der Waals surface area contributed by atoms with Crippen LogP contribution in [0.25, 0.3) is 10.2 Å². The third-order valence-electron chi connectivity index (χ3n) is 3.45. The molecule has 1 atom stereocenters. The van der Waals surface area contributed by atoms with Crippen molar-refractivity contribution >= 4 is 32.4 Å². The topological polar surface area (TPSA) is 93.0 Å². The third-order valence-corrected chi connectivity index (χ3v) is 4.45. The molecular weight excluding hydrogens is 278 g/mol. The summed E-state index contributed by atoms with van der Waals surface area (Å²) in [7, 11) is 0. The van der Waals surface area contributed by atoms with Gasteiger partial charge in [-0.15, -0.1) is 0 Å². The van der Waals surface area contributed by atoms with Crippen LogP contribution in [-0.2, 0) is 0 Å². The normalized spacial score (nSPS) is 19.1. The smallest absolute Gasteiger partial charge is 0.326 e. The summed E-state index contributed by atoms with van der Waals surface area (Å²) < 4.78 is 0. The molecule has 0 bridgehead atoms. The minimum atomic E-state index is -0.388. The standard InChI is InChI=1S/C12H15N5O2S/c18-17(19)10-4-9-11(15-7-16-12(9)20-10)14-6-8-2-1-3-13-5-8/h4,7-8,13H,1-3,5-6H2,(H,14,15,16). The van der Waals surface area contributed by atoms with E-state index >= 15 is 0 Å². The van der Waals surface area contributed by atoms with Gasteiger partial charge in [0.05, 0.1) is 10.3 Å². The van der Waals surface area contributed by atoms with Crippen molar-refractivity contribution in [2.75, 3.05) is 25.0 Å². The number of nitro groups is 1. The maximum Gasteiger partial charge on any atom is 0.326 e. The molecule has 1 unspecified atom stereocenters. The van der Waals surface area contributed by atoms with Crippen molar-refractivity contribution in [1.82, 2.24) is 15.3 Å². The van der Waals surface area contributed by atoms with Crippen LogP contribution in [0, 0.1) is 16.0 Å². The number of rotatable bonds is 4. The van der Waals surface area contributed by atoms with Gasteiger partial charge in [-0.2, -0.15) is 0 Å². The van der Waals surface area contributed by atoms with Crippen LogP contribution in [0.15, 0.2) is 12.4 Å². The lowest BCUT2D eigenvalue weighted by Crippen LogP contribution is -2.33. The monoisotopic (exact) mass is 293 g/mol. The summed E-state index contributed by atoms with van der Waals surface area (Å²) in [6.45, 7) is 2.92. The van der Waals surface area contributed by atoms with Gasteiger partial charge in [0.25, 0.3) is 0 Å². The lowest BCUT2D eigenvalue weighted by molar-refractivity contribution is -0.380. The molecule has 7 nitrogen and oxygen atoms in total. The molecule has 8 heteroatoms.